The molecule has 2 aliphatic rings. The van der Waals surface area contributed by atoms with E-state index >= 15 is 0 Å². The number of hydrogen-bond donors (Lipinski definition) is 1. The lowest BCUT2D eigenvalue weighted by Crippen LogP contribution is -2.18. The van der Waals surface area contributed by atoms with Crippen molar-refractivity contribution < 1.29 is 13.2 Å². The fourth-order valence-corrected chi connectivity index (χ4v) is 5.70. The molecule has 9 heteroatoms. The third kappa shape index (κ3) is 2.45. The SMILES string of the molecule is O=C1CCc2ccc(NS(=O)(=O)c3c(Cl)nc4n3CCS4)cc21. The highest BCUT2D eigenvalue weighted by Gasteiger charge is 2.30. The van der Waals surface area contributed by atoms with E-state index in [2.05, 4.69) is 9.71 Å². The van der Waals surface area contributed by atoms with Crippen LogP contribution in [0.1, 0.15) is 22.3 Å². The van der Waals surface area contributed by atoms with Gasteiger partial charge in [0.1, 0.15) is 0 Å². The summed E-state index contributed by atoms with van der Waals surface area (Å²) in [5.74, 6) is 0.816. The van der Waals surface area contributed by atoms with Gasteiger partial charge < -0.3 is 4.57 Å². The lowest BCUT2D eigenvalue weighted by atomic mass is 10.1. The first-order chi connectivity index (χ1) is 11.0. The molecule has 120 valence electrons. The van der Waals surface area contributed by atoms with Crippen LogP contribution in [0.2, 0.25) is 5.15 Å². The van der Waals surface area contributed by atoms with Gasteiger partial charge in [-0.15, -0.1) is 0 Å². The molecule has 0 amide bonds. The van der Waals surface area contributed by atoms with Crippen molar-refractivity contribution in [3.63, 3.8) is 0 Å². The van der Waals surface area contributed by atoms with Crippen LogP contribution >= 0.6 is 23.4 Å². The van der Waals surface area contributed by atoms with Gasteiger partial charge in [-0.2, -0.15) is 8.42 Å². The Morgan fingerprint density at radius 1 is 1.30 bits per heavy atom. The number of aromatic nitrogens is 2. The summed E-state index contributed by atoms with van der Waals surface area (Å²) in [7, 11) is -3.87. The number of imidazole rings is 1. The second-order valence-corrected chi connectivity index (χ2v) is 8.41. The summed E-state index contributed by atoms with van der Waals surface area (Å²) in [5.41, 5.74) is 1.90. The number of sulfonamides is 1. The monoisotopic (exact) mass is 369 g/mol. The van der Waals surface area contributed by atoms with E-state index in [1.54, 1.807) is 22.8 Å². The van der Waals surface area contributed by atoms with E-state index in [9.17, 15) is 13.2 Å². The molecule has 6 nitrogen and oxygen atoms in total. The number of Topliss-reactive ketones (excluding diaryl/α,β-unsaturated/α-hetero) is 1. The standard InChI is InChI=1S/C14H12ClN3O3S2/c15-12-13(18-5-6-22-14(18)16-12)23(20,21)17-9-3-1-8-2-4-11(19)10(8)7-9/h1,3,7,17H,2,4-6H2. The topological polar surface area (TPSA) is 81.1 Å². The number of carbonyl (C=O) groups excluding carboxylic acids is 1. The minimum absolute atomic E-state index is 0.0222. The zero-order valence-electron chi connectivity index (χ0n) is 11.9. The largest absolute Gasteiger partial charge is 0.306 e. The first-order valence-electron chi connectivity index (χ1n) is 7.03. The molecular formula is C14H12ClN3O3S2. The highest BCUT2D eigenvalue weighted by atomic mass is 35.5. The van der Waals surface area contributed by atoms with Gasteiger partial charge in [0.15, 0.2) is 21.1 Å². The zero-order valence-corrected chi connectivity index (χ0v) is 14.3. The molecule has 0 saturated heterocycles. The van der Waals surface area contributed by atoms with Crippen molar-refractivity contribution in [2.24, 2.45) is 0 Å². The second-order valence-electron chi connectivity index (χ2n) is 5.39. The third-order valence-electron chi connectivity index (χ3n) is 3.93. The molecule has 0 spiro atoms. The third-order valence-corrected chi connectivity index (χ3v) is 6.69. The smallest absolute Gasteiger partial charge is 0.280 e. The van der Waals surface area contributed by atoms with E-state index in [0.717, 1.165) is 11.3 Å². The normalized spacial score (nSPS) is 16.5. The van der Waals surface area contributed by atoms with Gasteiger partial charge in [0, 0.05) is 30.0 Å². The number of thioether (sulfide) groups is 1. The number of anilines is 1. The number of nitrogens with zero attached hydrogens (tertiary/aromatic N) is 2. The van der Waals surface area contributed by atoms with Crippen molar-refractivity contribution in [1.82, 2.24) is 9.55 Å². The number of aryl methyl sites for hydroxylation is 1. The van der Waals surface area contributed by atoms with E-state index in [4.69, 9.17) is 11.6 Å². The summed E-state index contributed by atoms with van der Waals surface area (Å²) < 4.78 is 29.5. The first kappa shape index (κ1) is 15.0. The summed E-state index contributed by atoms with van der Waals surface area (Å²) in [5, 5.41) is 0.558. The van der Waals surface area contributed by atoms with Crippen LogP contribution in [0.15, 0.2) is 28.4 Å². The lowest BCUT2D eigenvalue weighted by Gasteiger charge is -2.10. The van der Waals surface area contributed by atoms with Crippen LogP contribution in [-0.2, 0) is 23.0 Å². The van der Waals surface area contributed by atoms with Crippen molar-refractivity contribution >= 4 is 44.9 Å². The highest BCUT2D eigenvalue weighted by Crippen LogP contribution is 2.34. The van der Waals surface area contributed by atoms with Gasteiger partial charge in [-0.25, -0.2) is 4.98 Å². The molecule has 0 bridgehead atoms. The molecule has 0 atom stereocenters. The van der Waals surface area contributed by atoms with Gasteiger partial charge in [0.25, 0.3) is 10.0 Å². The quantitative estimate of drug-likeness (QED) is 0.899. The van der Waals surface area contributed by atoms with Crippen LogP contribution in [0.4, 0.5) is 5.69 Å². The average molecular weight is 370 g/mol. The molecule has 2 heterocycles. The van der Waals surface area contributed by atoms with Crippen molar-refractivity contribution in [3.8, 4) is 0 Å². The molecular weight excluding hydrogens is 358 g/mol. The number of hydrogen-bond acceptors (Lipinski definition) is 5. The summed E-state index contributed by atoms with van der Waals surface area (Å²) in [6, 6.07) is 5.04. The van der Waals surface area contributed by atoms with Crippen LogP contribution < -0.4 is 4.72 Å². The van der Waals surface area contributed by atoms with Gasteiger partial charge in [0.05, 0.1) is 0 Å². The Hall–Kier alpha value is -1.51. The van der Waals surface area contributed by atoms with Crippen LogP contribution in [0, 0.1) is 0 Å². The average Bonchev–Trinajstić information content (AvgIpc) is 3.13. The molecule has 1 N–H and O–H groups in total. The van der Waals surface area contributed by atoms with Gasteiger partial charge in [0.2, 0.25) is 0 Å². The van der Waals surface area contributed by atoms with E-state index < -0.39 is 10.0 Å². The Balaban J connectivity index is 1.72. The molecule has 2 aromatic rings. The molecule has 4 rings (SSSR count). The van der Waals surface area contributed by atoms with Gasteiger partial charge >= 0.3 is 0 Å². The highest BCUT2D eigenvalue weighted by molar-refractivity contribution is 7.99. The van der Waals surface area contributed by atoms with Crippen LogP contribution in [-0.4, -0.2) is 29.5 Å². The Bertz CT molecular complexity index is 937. The summed E-state index contributed by atoms with van der Waals surface area (Å²) in [6.07, 6.45) is 1.19. The summed E-state index contributed by atoms with van der Waals surface area (Å²) >= 11 is 7.48. The van der Waals surface area contributed by atoms with Gasteiger partial charge in [-0.05, 0) is 24.1 Å². The minimum Gasteiger partial charge on any atom is -0.306 e. The van der Waals surface area contributed by atoms with Crippen LogP contribution in [0.3, 0.4) is 0 Å². The Kier molecular flexibility index (Phi) is 3.44. The Morgan fingerprint density at radius 3 is 2.96 bits per heavy atom. The van der Waals surface area contributed by atoms with E-state index in [0.29, 0.717) is 35.8 Å². The maximum Gasteiger partial charge on any atom is 0.280 e. The molecule has 0 unspecified atom stereocenters. The van der Waals surface area contributed by atoms with Gasteiger partial charge in [-0.1, -0.05) is 29.4 Å². The molecule has 1 aliphatic heterocycles. The molecule has 0 radical (unpaired) electrons. The first-order valence-corrected chi connectivity index (χ1v) is 9.88. The van der Waals surface area contributed by atoms with Gasteiger partial charge in [-0.3, -0.25) is 9.52 Å². The van der Waals surface area contributed by atoms with E-state index in [1.807, 2.05) is 0 Å². The van der Waals surface area contributed by atoms with Crippen molar-refractivity contribution in [2.45, 2.75) is 29.6 Å². The number of carbonyl (C=O) groups is 1. The predicted octanol–water partition coefficient (Wildman–Crippen LogP) is 2.57. The number of nitrogens with one attached hydrogen (secondary N) is 1. The fraction of sp³-hybridized carbons (Fsp3) is 0.286. The Labute approximate surface area is 142 Å². The number of ketones is 1. The number of halogens is 1. The summed E-state index contributed by atoms with van der Waals surface area (Å²) in [4.78, 5) is 15.9. The van der Waals surface area contributed by atoms with E-state index in [-0.39, 0.29) is 16.0 Å². The fourth-order valence-electron chi connectivity index (χ4n) is 2.89. The number of fused-ring (bicyclic) bond motifs is 2. The molecule has 1 aliphatic carbocycles. The molecule has 23 heavy (non-hydrogen) atoms. The van der Waals surface area contributed by atoms with E-state index in [1.165, 1.54) is 11.8 Å². The number of benzene rings is 1. The summed E-state index contributed by atoms with van der Waals surface area (Å²) in [6.45, 7) is 0.554. The van der Waals surface area contributed by atoms with Crippen molar-refractivity contribution in [1.29, 1.82) is 0 Å². The second kappa shape index (κ2) is 5.25. The minimum atomic E-state index is -3.87. The molecule has 0 saturated carbocycles. The number of rotatable bonds is 3. The predicted molar refractivity (Wildman–Crippen MR) is 87.9 cm³/mol. The lowest BCUT2D eigenvalue weighted by molar-refractivity contribution is 0.0994. The maximum atomic E-state index is 12.7. The van der Waals surface area contributed by atoms with Crippen LogP contribution in [0.5, 0.6) is 0 Å². The van der Waals surface area contributed by atoms with Crippen molar-refractivity contribution in [3.05, 3.63) is 34.5 Å². The van der Waals surface area contributed by atoms with Crippen molar-refractivity contribution in [2.75, 3.05) is 10.5 Å². The molecule has 0 fully saturated rings. The molecule has 1 aromatic heterocycles. The van der Waals surface area contributed by atoms with Crippen LogP contribution in [0.25, 0.3) is 0 Å². The zero-order chi connectivity index (χ0) is 16.2. The maximum absolute atomic E-state index is 12.7. The molecule has 1 aromatic carbocycles. The Morgan fingerprint density at radius 2 is 2.13 bits per heavy atom.